The van der Waals surface area contributed by atoms with Crippen molar-refractivity contribution in [2.24, 2.45) is 0 Å². The minimum atomic E-state index is 0.561. The van der Waals surface area contributed by atoms with Gasteiger partial charge in [0.1, 0.15) is 5.82 Å². The summed E-state index contributed by atoms with van der Waals surface area (Å²) in [5.41, 5.74) is 9.31. The molecule has 2 N–H and O–H groups in total. The van der Waals surface area contributed by atoms with Crippen LogP contribution < -0.4 is 5.73 Å². The molecule has 0 atom stereocenters. The van der Waals surface area contributed by atoms with E-state index in [0.29, 0.717) is 11.7 Å². The summed E-state index contributed by atoms with van der Waals surface area (Å²) in [6.07, 6.45) is 1.74. The van der Waals surface area contributed by atoms with Crippen molar-refractivity contribution in [3.8, 4) is 11.1 Å². The minimum Gasteiger partial charge on any atom is -0.384 e. The number of nitrogens with two attached hydrogens (primary N) is 1. The first kappa shape index (κ1) is 10.7. The van der Waals surface area contributed by atoms with Crippen molar-refractivity contribution in [1.82, 2.24) is 4.98 Å². The number of anilines is 1. The predicted octanol–water partition coefficient (Wildman–Crippen LogP) is 3.45. The molecule has 0 fully saturated rings. The lowest BCUT2D eigenvalue weighted by Crippen LogP contribution is -1.90. The van der Waals surface area contributed by atoms with Gasteiger partial charge < -0.3 is 5.73 Å². The third kappa shape index (κ3) is 2.22. The fourth-order valence-corrected chi connectivity index (χ4v) is 1.69. The van der Waals surface area contributed by atoms with Gasteiger partial charge in [-0.25, -0.2) is 4.98 Å². The predicted molar refractivity (Wildman–Crippen MR) is 68.2 cm³/mol. The maximum absolute atomic E-state index is 5.66. The Kier molecular flexibility index (Phi) is 2.91. The fraction of sp³-hybridized carbons (Fsp3) is 0.214. The average molecular weight is 212 g/mol. The number of rotatable bonds is 2. The van der Waals surface area contributed by atoms with Gasteiger partial charge in [-0.15, -0.1) is 0 Å². The van der Waals surface area contributed by atoms with Gasteiger partial charge in [-0.2, -0.15) is 0 Å². The lowest BCUT2D eigenvalue weighted by Gasteiger charge is -2.07. The van der Waals surface area contributed by atoms with Gasteiger partial charge in [0.15, 0.2) is 0 Å². The maximum atomic E-state index is 5.66. The van der Waals surface area contributed by atoms with Gasteiger partial charge in [0.2, 0.25) is 0 Å². The second-order valence-electron chi connectivity index (χ2n) is 4.25. The summed E-state index contributed by atoms with van der Waals surface area (Å²) >= 11 is 0. The van der Waals surface area contributed by atoms with Crippen LogP contribution in [-0.2, 0) is 0 Å². The molecule has 0 saturated carbocycles. The molecule has 1 aromatic carbocycles. The van der Waals surface area contributed by atoms with E-state index in [0.717, 1.165) is 5.56 Å². The van der Waals surface area contributed by atoms with Crippen molar-refractivity contribution in [3.05, 3.63) is 48.2 Å². The van der Waals surface area contributed by atoms with Gasteiger partial charge in [-0.1, -0.05) is 38.1 Å². The van der Waals surface area contributed by atoms with Crippen molar-refractivity contribution in [3.63, 3.8) is 0 Å². The van der Waals surface area contributed by atoms with E-state index >= 15 is 0 Å². The molecule has 82 valence electrons. The Hall–Kier alpha value is -1.83. The van der Waals surface area contributed by atoms with Crippen LogP contribution in [0.25, 0.3) is 11.1 Å². The number of nitrogen functional groups attached to an aromatic ring is 1. The molecule has 2 heteroatoms. The van der Waals surface area contributed by atoms with E-state index < -0.39 is 0 Å². The highest BCUT2D eigenvalue weighted by atomic mass is 14.8. The van der Waals surface area contributed by atoms with Crippen LogP contribution in [0.3, 0.4) is 0 Å². The normalized spacial score (nSPS) is 10.7. The van der Waals surface area contributed by atoms with Crippen molar-refractivity contribution in [2.45, 2.75) is 19.8 Å². The van der Waals surface area contributed by atoms with E-state index in [4.69, 9.17) is 5.73 Å². The molecular formula is C14H16N2. The summed E-state index contributed by atoms with van der Waals surface area (Å²) in [6, 6.07) is 12.5. The van der Waals surface area contributed by atoms with Gasteiger partial charge >= 0.3 is 0 Å². The molecule has 0 radical (unpaired) electrons. The first-order chi connectivity index (χ1) is 7.66. The zero-order valence-electron chi connectivity index (χ0n) is 9.64. The van der Waals surface area contributed by atoms with Crippen molar-refractivity contribution >= 4 is 5.82 Å². The number of hydrogen-bond acceptors (Lipinski definition) is 2. The van der Waals surface area contributed by atoms with Gasteiger partial charge in [0.25, 0.3) is 0 Å². The molecule has 16 heavy (non-hydrogen) atoms. The van der Waals surface area contributed by atoms with Crippen LogP contribution in [0.15, 0.2) is 42.6 Å². The molecule has 0 spiro atoms. The molecule has 2 rings (SSSR count). The Balaban J connectivity index is 2.35. The second kappa shape index (κ2) is 4.35. The monoisotopic (exact) mass is 212 g/mol. The smallest absolute Gasteiger partial charge is 0.123 e. The van der Waals surface area contributed by atoms with Gasteiger partial charge in [0, 0.05) is 6.20 Å². The Labute approximate surface area is 96.1 Å². The third-order valence-electron chi connectivity index (χ3n) is 2.69. The second-order valence-corrected chi connectivity index (χ2v) is 4.25. The maximum Gasteiger partial charge on any atom is 0.123 e. The van der Waals surface area contributed by atoms with Crippen LogP contribution in [0.1, 0.15) is 25.3 Å². The van der Waals surface area contributed by atoms with E-state index in [1.54, 1.807) is 6.20 Å². The van der Waals surface area contributed by atoms with E-state index in [-0.39, 0.29) is 0 Å². The van der Waals surface area contributed by atoms with Gasteiger partial charge in [-0.3, -0.25) is 0 Å². The molecule has 0 unspecified atom stereocenters. The highest BCUT2D eigenvalue weighted by molar-refractivity contribution is 5.65. The number of nitrogens with zero attached hydrogens (tertiary/aromatic N) is 1. The molecule has 0 saturated heterocycles. The number of aromatic nitrogens is 1. The largest absolute Gasteiger partial charge is 0.384 e. The Morgan fingerprint density at radius 3 is 2.25 bits per heavy atom. The summed E-state index contributed by atoms with van der Waals surface area (Å²) in [6.45, 7) is 4.39. The molecule has 1 heterocycles. The van der Waals surface area contributed by atoms with Crippen LogP contribution >= 0.6 is 0 Å². The molecule has 0 amide bonds. The standard InChI is InChI=1S/C14H16N2/c1-10(2)11-3-5-12(6-4-11)13-7-8-16-14(15)9-13/h3-10H,1-2H3,(H2,15,16). The Morgan fingerprint density at radius 1 is 1.00 bits per heavy atom. The molecule has 2 nitrogen and oxygen atoms in total. The highest BCUT2D eigenvalue weighted by Gasteiger charge is 2.01. The summed E-state index contributed by atoms with van der Waals surface area (Å²) in [5, 5.41) is 0. The van der Waals surface area contributed by atoms with Gasteiger partial charge in [0.05, 0.1) is 0 Å². The molecule has 0 bridgehead atoms. The fourth-order valence-electron chi connectivity index (χ4n) is 1.69. The first-order valence-corrected chi connectivity index (χ1v) is 5.48. The third-order valence-corrected chi connectivity index (χ3v) is 2.69. The average Bonchev–Trinajstić information content (AvgIpc) is 2.29. The Morgan fingerprint density at radius 2 is 1.69 bits per heavy atom. The first-order valence-electron chi connectivity index (χ1n) is 5.48. The molecule has 1 aromatic heterocycles. The molecule has 2 aromatic rings. The van der Waals surface area contributed by atoms with Crippen molar-refractivity contribution in [2.75, 3.05) is 5.73 Å². The summed E-state index contributed by atoms with van der Waals surface area (Å²) in [4.78, 5) is 3.99. The molecule has 0 aliphatic rings. The van der Waals surface area contributed by atoms with E-state index in [1.165, 1.54) is 11.1 Å². The lowest BCUT2D eigenvalue weighted by atomic mass is 9.99. The van der Waals surface area contributed by atoms with Crippen LogP contribution in [0, 0.1) is 0 Å². The number of pyridine rings is 1. The summed E-state index contributed by atoms with van der Waals surface area (Å²) in [7, 11) is 0. The summed E-state index contributed by atoms with van der Waals surface area (Å²) in [5.74, 6) is 1.13. The van der Waals surface area contributed by atoms with Crippen LogP contribution in [-0.4, -0.2) is 4.98 Å². The van der Waals surface area contributed by atoms with Crippen molar-refractivity contribution in [1.29, 1.82) is 0 Å². The molecule has 0 aliphatic heterocycles. The SMILES string of the molecule is CC(C)c1ccc(-c2ccnc(N)c2)cc1. The zero-order chi connectivity index (χ0) is 11.5. The molecule has 0 aliphatic carbocycles. The van der Waals surface area contributed by atoms with E-state index in [9.17, 15) is 0 Å². The minimum absolute atomic E-state index is 0.561. The van der Waals surface area contributed by atoms with Crippen LogP contribution in [0.5, 0.6) is 0 Å². The highest BCUT2D eigenvalue weighted by Crippen LogP contribution is 2.23. The van der Waals surface area contributed by atoms with Crippen LogP contribution in [0.4, 0.5) is 5.82 Å². The quantitative estimate of drug-likeness (QED) is 0.828. The molecular weight excluding hydrogens is 196 g/mol. The number of hydrogen-bond donors (Lipinski definition) is 1. The van der Waals surface area contributed by atoms with E-state index in [1.807, 2.05) is 12.1 Å². The zero-order valence-corrected chi connectivity index (χ0v) is 9.64. The van der Waals surface area contributed by atoms with Crippen LogP contribution in [0.2, 0.25) is 0 Å². The lowest BCUT2D eigenvalue weighted by molar-refractivity contribution is 0.867. The topological polar surface area (TPSA) is 38.9 Å². The summed E-state index contributed by atoms with van der Waals surface area (Å²) < 4.78 is 0. The Bertz CT molecular complexity index is 472. The van der Waals surface area contributed by atoms with E-state index in [2.05, 4.69) is 43.1 Å². The van der Waals surface area contributed by atoms with Crippen molar-refractivity contribution < 1.29 is 0 Å². The van der Waals surface area contributed by atoms with Gasteiger partial charge in [-0.05, 0) is 34.7 Å². The number of benzene rings is 1.